The molecule has 0 aliphatic heterocycles. The number of nitrogens with one attached hydrogen (secondary N) is 1. The zero-order valence-corrected chi connectivity index (χ0v) is 13.2. The Hall–Kier alpha value is -1.56. The first-order valence-corrected chi connectivity index (χ1v) is 8.69. The second-order valence-corrected chi connectivity index (χ2v) is 7.41. The van der Waals surface area contributed by atoms with Crippen molar-refractivity contribution in [1.82, 2.24) is 0 Å². The minimum atomic E-state index is -3.47. The van der Waals surface area contributed by atoms with Crippen LogP contribution in [0.25, 0.3) is 0 Å². The van der Waals surface area contributed by atoms with E-state index in [2.05, 4.69) is 4.72 Å². The highest BCUT2D eigenvalue weighted by Gasteiger charge is 2.28. The van der Waals surface area contributed by atoms with Gasteiger partial charge in [-0.05, 0) is 31.9 Å². The lowest BCUT2D eigenvalue weighted by molar-refractivity contribution is 0.0602. The number of carbonyl (C=O) groups is 1. The lowest BCUT2D eigenvalue weighted by Gasteiger charge is -2.23. The van der Waals surface area contributed by atoms with E-state index in [0.29, 0.717) is 12.8 Å². The number of hydrogen-bond acceptors (Lipinski definition) is 4. The van der Waals surface area contributed by atoms with Gasteiger partial charge in [0.25, 0.3) is 0 Å². The molecule has 1 aliphatic carbocycles. The third-order valence-corrected chi connectivity index (χ3v) is 5.68. The monoisotopic (exact) mass is 311 g/mol. The molecule has 1 saturated carbocycles. The van der Waals surface area contributed by atoms with Gasteiger partial charge in [0.15, 0.2) is 0 Å². The zero-order chi connectivity index (χ0) is 15.5. The van der Waals surface area contributed by atoms with Crippen LogP contribution in [0.4, 0.5) is 5.69 Å². The zero-order valence-electron chi connectivity index (χ0n) is 12.4. The van der Waals surface area contributed by atoms with E-state index in [1.807, 2.05) is 6.92 Å². The summed E-state index contributed by atoms with van der Waals surface area (Å²) in [5.74, 6) is -0.542. The van der Waals surface area contributed by atoms with Crippen LogP contribution in [-0.4, -0.2) is 26.7 Å². The van der Waals surface area contributed by atoms with Crippen LogP contribution in [0.2, 0.25) is 0 Å². The van der Waals surface area contributed by atoms with Gasteiger partial charge in [0.1, 0.15) is 0 Å². The van der Waals surface area contributed by atoms with Crippen LogP contribution >= 0.6 is 0 Å². The van der Waals surface area contributed by atoms with E-state index in [4.69, 9.17) is 4.74 Å². The molecule has 0 bridgehead atoms. The van der Waals surface area contributed by atoms with Crippen molar-refractivity contribution in [3.05, 3.63) is 29.3 Å². The van der Waals surface area contributed by atoms with E-state index >= 15 is 0 Å². The molecule has 1 N–H and O–H groups in total. The predicted molar refractivity (Wildman–Crippen MR) is 81.9 cm³/mol. The third-order valence-electron chi connectivity index (χ3n) is 3.82. The molecular formula is C15H21NO4S. The Kier molecular flexibility index (Phi) is 4.88. The fourth-order valence-electron chi connectivity index (χ4n) is 2.64. The van der Waals surface area contributed by atoms with E-state index in [1.165, 1.54) is 7.11 Å². The molecule has 21 heavy (non-hydrogen) atoms. The SMILES string of the molecule is COC(=O)c1cc(C)ccc1NS(=O)(=O)C1CCCCC1. The van der Waals surface area contributed by atoms with Gasteiger partial charge in [0, 0.05) is 0 Å². The number of esters is 1. The van der Waals surface area contributed by atoms with Gasteiger partial charge in [-0.2, -0.15) is 0 Å². The number of ether oxygens (including phenoxy) is 1. The van der Waals surface area contributed by atoms with Gasteiger partial charge in [-0.15, -0.1) is 0 Å². The number of hydrogen-bond donors (Lipinski definition) is 1. The number of anilines is 1. The highest BCUT2D eigenvalue weighted by Crippen LogP contribution is 2.27. The Morgan fingerprint density at radius 2 is 1.90 bits per heavy atom. The first-order chi connectivity index (χ1) is 9.94. The Bertz CT molecular complexity index is 619. The van der Waals surface area contributed by atoms with Crippen LogP contribution in [-0.2, 0) is 14.8 Å². The summed E-state index contributed by atoms with van der Waals surface area (Å²) in [6.07, 6.45) is 4.31. The summed E-state index contributed by atoms with van der Waals surface area (Å²) in [5, 5.41) is -0.377. The van der Waals surface area contributed by atoms with Crippen molar-refractivity contribution in [1.29, 1.82) is 0 Å². The maximum Gasteiger partial charge on any atom is 0.340 e. The average Bonchev–Trinajstić information content (AvgIpc) is 2.49. The molecule has 1 aromatic rings. The highest BCUT2D eigenvalue weighted by molar-refractivity contribution is 7.93. The predicted octanol–water partition coefficient (Wildman–Crippen LogP) is 2.86. The number of carbonyl (C=O) groups excluding carboxylic acids is 1. The molecule has 0 spiro atoms. The normalized spacial score (nSPS) is 16.5. The Labute approximate surface area is 125 Å². The van der Waals surface area contributed by atoms with E-state index in [9.17, 15) is 13.2 Å². The van der Waals surface area contributed by atoms with Crippen molar-refractivity contribution in [2.45, 2.75) is 44.3 Å². The summed E-state index contributed by atoms with van der Waals surface area (Å²) in [6, 6.07) is 5.01. The number of rotatable bonds is 4. The maximum absolute atomic E-state index is 12.4. The summed E-state index contributed by atoms with van der Waals surface area (Å²) in [7, 11) is -2.19. The number of benzene rings is 1. The molecule has 0 unspecified atom stereocenters. The average molecular weight is 311 g/mol. The maximum atomic E-state index is 12.4. The number of methoxy groups -OCH3 is 1. The standard InChI is InChI=1S/C15H21NO4S/c1-11-8-9-14(13(10-11)15(17)20-2)16-21(18,19)12-6-4-3-5-7-12/h8-10,12,16H,3-7H2,1-2H3. The molecule has 1 aliphatic rings. The van der Waals surface area contributed by atoms with Crippen molar-refractivity contribution in [2.24, 2.45) is 0 Å². The lowest BCUT2D eigenvalue weighted by Crippen LogP contribution is -2.30. The molecule has 0 heterocycles. The first-order valence-electron chi connectivity index (χ1n) is 7.14. The fourth-order valence-corrected chi connectivity index (χ4v) is 4.24. The third kappa shape index (κ3) is 3.75. The van der Waals surface area contributed by atoms with Gasteiger partial charge in [0.05, 0.1) is 23.6 Å². The van der Waals surface area contributed by atoms with Crippen LogP contribution in [0.1, 0.15) is 48.0 Å². The van der Waals surface area contributed by atoms with Gasteiger partial charge in [0.2, 0.25) is 10.0 Å². The molecule has 0 atom stereocenters. The van der Waals surface area contributed by atoms with Crippen molar-refractivity contribution in [3.8, 4) is 0 Å². The molecule has 1 aromatic carbocycles. The molecule has 116 valence electrons. The molecule has 2 rings (SSSR count). The topological polar surface area (TPSA) is 72.5 Å². The van der Waals surface area contributed by atoms with Crippen LogP contribution in [0, 0.1) is 6.92 Å². The lowest BCUT2D eigenvalue weighted by atomic mass is 10.0. The first kappa shape index (κ1) is 15.8. The fraction of sp³-hybridized carbons (Fsp3) is 0.533. The summed E-state index contributed by atoms with van der Waals surface area (Å²) in [4.78, 5) is 11.8. The minimum Gasteiger partial charge on any atom is -0.465 e. The second kappa shape index (κ2) is 6.47. The minimum absolute atomic E-state index is 0.247. The summed E-state index contributed by atoms with van der Waals surface area (Å²) in [6.45, 7) is 1.84. The van der Waals surface area contributed by atoms with Gasteiger partial charge >= 0.3 is 5.97 Å². The summed E-state index contributed by atoms with van der Waals surface area (Å²) in [5.41, 5.74) is 1.41. The van der Waals surface area contributed by atoms with Gasteiger partial charge in [-0.1, -0.05) is 30.9 Å². The Balaban J connectivity index is 2.28. The summed E-state index contributed by atoms with van der Waals surface area (Å²) >= 11 is 0. The molecule has 0 aromatic heterocycles. The van der Waals surface area contributed by atoms with Gasteiger partial charge < -0.3 is 4.74 Å². The van der Waals surface area contributed by atoms with Gasteiger partial charge in [-0.3, -0.25) is 4.72 Å². The highest BCUT2D eigenvalue weighted by atomic mass is 32.2. The van der Waals surface area contributed by atoms with Crippen LogP contribution in [0.5, 0.6) is 0 Å². The van der Waals surface area contributed by atoms with Crippen LogP contribution in [0.3, 0.4) is 0 Å². The largest absolute Gasteiger partial charge is 0.465 e. The van der Waals surface area contributed by atoms with E-state index in [1.54, 1.807) is 18.2 Å². The smallest absolute Gasteiger partial charge is 0.340 e. The number of sulfonamides is 1. The summed E-state index contributed by atoms with van der Waals surface area (Å²) < 4.78 is 32.2. The molecule has 0 amide bonds. The van der Waals surface area contributed by atoms with Crippen molar-refractivity contribution < 1.29 is 17.9 Å². The van der Waals surface area contributed by atoms with Crippen molar-refractivity contribution in [2.75, 3.05) is 11.8 Å². The van der Waals surface area contributed by atoms with E-state index in [-0.39, 0.29) is 16.5 Å². The van der Waals surface area contributed by atoms with Crippen molar-refractivity contribution in [3.63, 3.8) is 0 Å². The van der Waals surface area contributed by atoms with Gasteiger partial charge in [-0.25, -0.2) is 13.2 Å². The van der Waals surface area contributed by atoms with E-state index < -0.39 is 16.0 Å². The van der Waals surface area contributed by atoms with Crippen molar-refractivity contribution >= 4 is 21.7 Å². The Morgan fingerprint density at radius 3 is 2.52 bits per heavy atom. The molecule has 0 saturated heterocycles. The van der Waals surface area contributed by atoms with E-state index in [0.717, 1.165) is 24.8 Å². The van der Waals surface area contributed by atoms with Crippen LogP contribution < -0.4 is 4.72 Å². The quantitative estimate of drug-likeness (QED) is 0.868. The number of aryl methyl sites for hydroxylation is 1. The molecule has 0 radical (unpaired) electrons. The Morgan fingerprint density at radius 1 is 1.24 bits per heavy atom. The molecular weight excluding hydrogens is 290 g/mol. The molecule has 5 nitrogen and oxygen atoms in total. The molecule has 1 fully saturated rings. The molecule has 6 heteroatoms. The van der Waals surface area contributed by atoms with Crippen LogP contribution in [0.15, 0.2) is 18.2 Å². The second-order valence-electron chi connectivity index (χ2n) is 5.45.